The van der Waals surface area contributed by atoms with Gasteiger partial charge in [-0.3, -0.25) is 0 Å². The second kappa shape index (κ2) is 8.35. The monoisotopic (exact) mass is 391 g/mol. The summed E-state index contributed by atoms with van der Waals surface area (Å²) in [5.74, 6) is 1.35. The molecule has 3 aromatic rings. The van der Waals surface area contributed by atoms with Crippen LogP contribution in [-0.2, 0) is 19.3 Å². The Bertz CT molecular complexity index is 921. The topological polar surface area (TPSA) is 48.3 Å². The maximum absolute atomic E-state index is 12.7. The number of rotatable bonds is 7. The van der Waals surface area contributed by atoms with Gasteiger partial charge in [-0.25, -0.2) is 4.68 Å². The number of alkyl halides is 3. The largest absolute Gasteiger partial charge is 0.493 e. The Morgan fingerprint density at radius 2 is 1.54 bits per heavy atom. The second-order valence-corrected chi connectivity index (χ2v) is 6.10. The molecule has 0 saturated carbocycles. The van der Waals surface area contributed by atoms with Crippen molar-refractivity contribution < 1.29 is 22.6 Å². The molecule has 0 aliphatic heterocycles. The van der Waals surface area contributed by atoms with Gasteiger partial charge in [0.15, 0.2) is 17.2 Å². The van der Waals surface area contributed by atoms with E-state index in [1.165, 1.54) is 10.9 Å². The molecule has 0 amide bonds. The van der Waals surface area contributed by atoms with E-state index in [2.05, 4.69) is 10.4 Å². The van der Waals surface area contributed by atoms with Crippen molar-refractivity contribution in [3.8, 4) is 17.2 Å². The number of aromatic nitrogens is 2. The van der Waals surface area contributed by atoms with Gasteiger partial charge in [0, 0.05) is 19.3 Å². The molecule has 0 spiro atoms. The summed E-state index contributed by atoms with van der Waals surface area (Å²) in [6.45, 7) is 1.25. The summed E-state index contributed by atoms with van der Waals surface area (Å²) in [5.41, 5.74) is 1.71. The summed E-state index contributed by atoms with van der Waals surface area (Å²) in [6.07, 6.45) is -3.15. The van der Waals surface area contributed by atoms with Gasteiger partial charge in [-0.2, -0.15) is 18.3 Å². The first-order valence-electron chi connectivity index (χ1n) is 8.54. The van der Waals surface area contributed by atoms with E-state index < -0.39 is 11.9 Å². The summed E-state index contributed by atoms with van der Waals surface area (Å²) < 4.78 is 49.7. The molecule has 3 rings (SSSR count). The molecule has 2 aromatic carbocycles. The highest BCUT2D eigenvalue weighted by Gasteiger charge is 2.33. The maximum atomic E-state index is 12.7. The summed E-state index contributed by atoms with van der Waals surface area (Å²) in [6, 6.07) is 13.8. The van der Waals surface area contributed by atoms with Crippen molar-refractivity contribution >= 4 is 0 Å². The summed E-state index contributed by atoms with van der Waals surface area (Å²) >= 11 is 0. The Labute approximate surface area is 160 Å². The fourth-order valence-electron chi connectivity index (χ4n) is 2.73. The van der Waals surface area contributed by atoms with E-state index in [1.54, 1.807) is 26.4 Å². The number of methoxy groups -OCH3 is 2. The molecular weight excluding hydrogens is 371 g/mol. The minimum Gasteiger partial charge on any atom is -0.493 e. The summed E-state index contributed by atoms with van der Waals surface area (Å²) in [4.78, 5) is 0. The Morgan fingerprint density at radius 3 is 2.14 bits per heavy atom. The molecule has 148 valence electrons. The number of hydrogen-bond donors (Lipinski definition) is 1. The molecule has 0 aliphatic rings. The standard InChI is InChI=1S/C20H20F3N3O2/c1-27-17-8-5-15(11-18(17)28-2)13-24-12-14-3-6-16(7-4-14)26-10-9-19(25-26)20(21,22)23/h3-11,24H,12-13H2,1-2H3. The highest BCUT2D eigenvalue weighted by Crippen LogP contribution is 2.28. The van der Waals surface area contributed by atoms with Crippen molar-refractivity contribution in [1.82, 2.24) is 15.1 Å². The molecule has 0 bridgehead atoms. The minimum atomic E-state index is -4.45. The minimum absolute atomic E-state index is 0.569. The zero-order chi connectivity index (χ0) is 20.1. The maximum Gasteiger partial charge on any atom is 0.435 e. The highest BCUT2D eigenvalue weighted by molar-refractivity contribution is 5.43. The first-order valence-corrected chi connectivity index (χ1v) is 8.54. The van der Waals surface area contributed by atoms with Gasteiger partial charge in [-0.15, -0.1) is 0 Å². The van der Waals surface area contributed by atoms with E-state index in [0.29, 0.717) is 30.3 Å². The lowest BCUT2D eigenvalue weighted by Crippen LogP contribution is -2.13. The van der Waals surface area contributed by atoms with Crippen LogP contribution in [0.3, 0.4) is 0 Å². The predicted octanol–water partition coefficient (Wildman–Crippen LogP) is 4.20. The quantitative estimate of drug-likeness (QED) is 0.656. The Morgan fingerprint density at radius 1 is 0.893 bits per heavy atom. The first kappa shape index (κ1) is 19.8. The van der Waals surface area contributed by atoms with Crippen molar-refractivity contribution in [2.75, 3.05) is 14.2 Å². The molecule has 0 unspecified atom stereocenters. The molecule has 0 aliphatic carbocycles. The van der Waals surface area contributed by atoms with Crippen LogP contribution in [0.2, 0.25) is 0 Å². The van der Waals surface area contributed by atoms with Crippen LogP contribution in [0, 0.1) is 0 Å². The fraction of sp³-hybridized carbons (Fsp3) is 0.250. The van der Waals surface area contributed by atoms with Crippen molar-refractivity contribution in [3.05, 3.63) is 71.5 Å². The summed E-state index contributed by atoms with van der Waals surface area (Å²) in [7, 11) is 3.18. The normalized spacial score (nSPS) is 11.5. The van der Waals surface area contributed by atoms with Gasteiger partial charge >= 0.3 is 6.18 Å². The highest BCUT2D eigenvalue weighted by atomic mass is 19.4. The van der Waals surface area contributed by atoms with Gasteiger partial charge in [-0.1, -0.05) is 18.2 Å². The Kier molecular flexibility index (Phi) is 5.89. The van der Waals surface area contributed by atoms with Crippen LogP contribution in [0.5, 0.6) is 11.5 Å². The second-order valence-electron chi connectivity index (χ2n) is 6.10. The predicted molar refractivity (Wildman–Crippen MR) is 98.7 cm³/mol. The van der Waals surface area contributed by atoms with Gasteiger partial charge in [0.1, 0.15) is 0 Å². The average Bonchev–Trinajstić information content (AvgIpc) is 3.19. The Hall–Kier alpha value is -3.00. The summed E-state index contributed by atoms with van der Waals surface area (Å²) in [5, 5.41) is 6.89. The molecule has 0 atom stereocenters. The molecule has 28 heavy (non-hydrogen) atoms. The van der Waals surface area contributed by atoms with Crippen LogP contribution in [-0.4, -0.2) is 24.0 Å². The first-order chi connectivity index (χ1) is 13.4. The number of nitrogens with zero attached hydrogens (tertiary/aromatic N) is 2. The van der Waals surface area contributed by atoms with Gasteiger partial charge in [0.2, 0.25) is 0 Å². The van der Waals surface area contributed by atoms with Crippen LogP contribution in [0.25, 0.3) is 5.69 Å². The zero-order valence-electron chi connectivity index (χ0n) is 15.5. The smallest absolute Gasteiger partial charge is 0.435 e. The van der Waals surface area contributed by atoms with E-state index in [4.69, 9.17) is 9.47 Å². The molecule has 1 heterocycles. The molecule has 5 nitrogen and oxygen atoms in total. The number of hydrogen-bond acceptors (Lipinski definition) is 4. The van der Waals surface area contributed by atoms with E-state index in [9.17, 15) is 13.2 Å². The molecule has 0 radical (unpaired) electrons. The molecule has 8 heteroatoms. The van der Waals surface area contributed by atoms with Gasteiger partial charge in [0.05, 0.1) is 19.9 Å². The average molecular weight is 391 g/mol. The van der Waals surface area contributed by atoms with Crippen LogP contribution < -0.4 is 14.8 Å². The van der Waals surface area contributed by atoms with E-state index in [1.807, 2.05) is 30.3 Å². The lowest BCUT2D eigenvalue weighted by molar-refractivity contribution is -0.141. The number of benzene rings is 2. The molecule has 0 saturated heterocycles. The van der Waals surface area contributed by atoms with Gasteiger partial charge in [-0.05, 0) is 41.5 Å². The van der Waals surface area contributed by atoms with Crippen LogP contribution >= 0.6 is 0 Å². The van der Waals surface area contributed by atoms with Gasteiger partial charge in [0.25, 0.3) is 0 Å². The van der Waals surface area contributed by atoms with Crippen LogP contribution in [0.4, 0.5) is 13.2 Å². The van der Waals surface area contributed by atoms with E-state index >= 15 is 0 Å². The molecule has 1 N–H and O–H groups in total. The molecular formula is C20H20F3N3O2. The third-order valence-corrected chi connectivity index (χ3v) is 4.19. The molecule has 1 aromatic heterocycles. The number of nitrogens with one attached hydrogen (secondary N) is 1. The third kappa shape index (κ3) is 4.64. The fourth-order valence-corrected chi connectivity index (χ4v) is 2.73. The van der Waals surface area contributed by atoms with Crippen LogP contribution in [0.1, 0.15) is 16.8 Å². The third-order valence-electron chi connectivity index (χ3n) is 4.19. The van der Waals surface area contributed by atoms with E-state index in [0.717, 1.165) is 17.2 Å². The molecule has 0 fully saturated rings. The van der Waals surface area contributed by atoms with Crippen molar-refractivity contribution in [1.29, 1.82) is 0 Å². The van der Waals surface area contributed by atoms with Crippen LogP contribution in [0.15, 0.2) is 54.7 Å². The van der Waals surface area contributed by atoms with E-state index in [-0.39, 0.29) is 0 Å². The lowest BCUT2D eigenvalue weighted by Gasteiger charge is -2.10. The number of halogens is 3. The lowest BCUT2D eigenvalue weighted by atomic mass is 10.1. The van der Waals surface area contributed by atoms with Gasteiger partial charge < -0.3 is 14.8 Å². The van der Waals surface area contributed by atoms with Crippen molar-refractivity contribution in [2.24, 2.45) is 0 Å². The zero-order valence-corrected chi connectivity index (χ0v) is 15.5. The SMILES string of the molecule is COc1ccc(CNCc2ccc(-n3ccc(C(F)(F)F)n3)cc2)cc1OC. The van der Waals surface area contributed by atoms with Crippen molar-refractivity contribution in [3.63, 3.8) is 0 Å². The van der Waals surface area contributed by atoms with Crippen molar-refractivity contribution in [2.45, 2.75) is 19.3 Å². The Balaban J connectivity index is 1.58. The number of ether oxygens (including phenoxy) is 2.